The second-order valence-electron chi connectivity index (χ2n) is 6.00. The number of aromatic nitrogens is 1. The van der Waals surface area contributed by atoms with Crippen LogP contribution in [0.15, 0.2) is 18.3 Å². The number of piperazine rings is 1. The molecular weight excluding hydrogens is 266 g/mol. The standard InChI is InChI=1S/C15H23N5O/c1-11(2)17-8-12-4-3-5-16-14(12)19-6-7-20-13(10-19)9-18-15(20)21/h3-5,11,13,17H,6-10H2,1-2H3,(H,18,21). The largest absolute Gasteiger partial charge is 0.352 e. The molecule has 3 heterocycles. The molecule has 1 aromatic rings. The van der Waals surface area contributed by atoms with Gasteiger partial charge in [0, 0.05) is 50.5 Å². The summed E-state index contributed by atoms with van der Waals surface area (Å²) in [6.45, 7) is 8.31. The number of nitrogens with one attached hydrogen (secondary N) is 2. The second-order valence-corrected chi connectivity index (χ2v) is 6.00. The van der Waals surface area contributed by atoms with Crippen molar-refractivity contribution in [2.45, 2.75) is 32.5 Å². The topological polar surface area (TPSA) is 60.5 Å². The molecule has 0 saturated carbocycles. The van der Waals surface area contributed by atoms with Crippen LogP contribution < -0.4 is 15.5 Å². The van der Waals surface area contributed by atoms with E-state index in [0.29, 0.717) is 6.04 Å². The lowest BCUT2D eigenvalue weighted by Gasteiger charge is -2.37. The maximum atomic E-state index is 11.7. The van der Waals surface area contributed by atoms with Crippen LogP contribution in [-0.2, 0) is 6.54 Å². The summed E-state index contributed by atoms with van der Waals surface area (Å²) >= 11 is 0. The van der Waals surface area contributed by atoms with Gasteiger partial charge in [-0.2, -0.15) is 0 Å². The predicted molar refractivity (Wildman–Crippen MR) is 82.3 cm³/mol. The highest BCUT2D eigenvalue weighted by Gasteiger charge is 2.36. The van der Waals surface area contributed by atoms with Crippen molar-refractivity contribution in [2.75, 3.05) is 31.1 Å². The number of pyridine rings is 1. The molecule has 21 heavy (non-hydrogen) atoms. The zero-order chi connectivity index (χ0) is 14.8. The average molecular weight is 289 g/mol. The number of carbonyl (C=O) groups excluding carboxylic acids is 1. The third-order valence-corrected chi connectivity index (χ3v) is 4.10. The Labute approximate surface area is 125 Å². The molecule has 2 aliphatic rings. The van der Waals surface area contributed by atoms with Gasteiger partial charge in [0.1, 0.15) is 5.82 Å². The normalized spacial score (nSPS) is 21.7. The monoisotopic (exact) mass is 289 g/mol. The van der Waals surface area contributed by atoms with Gasteiger partial charge < -0.3 is 20.4 Å². The maximum Gasteiger partial charge on any atom is 0.317 e. The van der Waals surface area contributed by atoms with Gasteiger partial charge in [0.05, 0.1) is 6.04 Å². The molecule has 0 bridgehead atoms. The first kappa shape index (κ1) is 14.1. The number of urea groups is 1. The van der Waals surface area contributed by atoms with Gasteiger partial charge in [-0.3, -0.25) is 0 Å². The molecule has 2 aliphatic heterocycles. The van der Waals surface area contributed by atoms with Crippen LogP contribution in [0, 0.1) is 0 Å². The van der Waals surface area contributed by atoms with Crippen molar-refractivity contribution in [1.29, 1.82) is 0 Å². The van der Waals surface area contributed by atoms with Crippen molar-refractivity contribution < 1.29 is 4.79 Å². The van der Waals surface area contributed by atoms with Gasteiger partial charge in [-0.25, -0.2) is 9.78 Å². The predicted octanol–water partition coefficient (Wildman–Crippen LogP) is 0.793. The molecule has 0 aromatic carbocycles. The Morgan fingerprint density at radius 2 is 2.33 bits per heavy atom. The van der Waals surface area contributed by atoms with Crippen LogP contribution in [0.1, 0.15) is 19.4 Å². The molecule has 1 atom stereocenters. The zero-order valence-corrected chi connectivity index (χ0v) is 12.7. The number of hydrogen-bond donors (Lipinski definition) is 2. The zero-order valence-electron chi connectivity index (χ0n) is 12.7. The third-order valence-electron chi connectivity index (χ3n) is 4.10. The van der Waals surface area contributed by atoms with E-state index < -0.39 is 0 Å². The van der Waals surface area contributed by atoms with Gasteiger partial charge in [-0.05, 0) is 6.07 Å². The molecule has 1 aromatic heterocycles. The van der Waals surface area contributed by atoms with Gasteiger partial charge >= 0.3 is 6.03 Å². The van der Waals surface area contributed by atoms with E-state index in [9.17, 15) is 4.79 Å². The molecule has 6 heteroatoms. The highest BCUT2D eigenvalue weighted by Crippen LogP contribution is 2.22. The van der Waals surface area contributed by atoms with E-state index in [1.807, 2.05) is 17.2 Å². The van der Waals surface area contributed by atoms with Crippen molar-refractivity contribution in [1.82, 2.24) is 20.5 Å². The minimum Gasteiger partial charge on any atom is -0.352 e. The highest BCUT2D eigenvalue weighted by atomic mass is 16.2. The first-order valence-corrected chi connectivity index (χ1v) is 7.62. The highest BCUT2D eigenvalue weighted by molar-refractivity contribution is 5.77. The fourth-order valence-electron chi connectivity index (χ4n) is 2.96. The summed E-state index contributed by atoms with van der Waals surface area (Å²) in [7, 11) is 0. The van der Waals surface area contributed by atoms with Crippen molar-refractivity contribution in [3.8, 4) is 0 Å². The number of anilines is 1. The molecule has 2 saturated heterocycles. The molecule has 2 N–H and O–H groups in total. The van der Waals surface area contributed by atoms with Gasteiger partial charge in [0.15, 0.2) is 0 Å². The molecule has 0 radical (unpaired) electrons. The van der Waals surface area contributed by atoms with E-state index in [2.05, 4.69) is 40.4 Å². The lowest BCUT2D eigenvalue weighted by Crippen LogP contribution is -2.52. The van der Waals surface area contributed by atoms with Gasteiger partial charge in [-0.15, -0.1) is 0 Å². The first-order chi connectivity index (χ1) is 10.1. The van der Waals surface area contributed by atoms with Gasteiger partial charge in [0.2, 0.25) is 0 Å². The summed E-state index contributed by atoms with van der Waals surface area (Å²) in [6.07, 6.45) is 1.85. The molecule has 0 aliphatic carbocycles. The Kier molecular flexibility index (Phi) is 3.96. The van der Waals surface area contributed by atoms with Crippen LogP contribution in [0.5, 0.6) is 0 Å². The smallest absolute Gasteiger partial charge is 0.317 e. The summed E-state index contributed by atoms with van der Waals surface area (Å²) in [6, 6.07) is 4.90. The van der Waals surface area contributed by atoms with Crippen molar-refractivity contribution in [3.05, 3.63) is 23.9 Å². The van der Waals surface area contributed by atoms with E-state index >= 15 is 0 Å². The fraction of sp³-hybridized carbons (Fsp3) is 0.600. The number of fused-ring (bicyclic) bond motifs is 1. The summed E-state index contributed by atoms with van der Waals surface area (Å²) in [4.78, 5) is 20.5. The second kappa shape index (κ2) is 5.89. The van der Waals surface area contributed by atoms with Crippen LogP contribution in [0.4, 0.5) is 10.6 Å². The maximum absolute atomic E-state index is 11.7. The van der Waals surface area contributed by atoms with Crippen molar-refractivity contribution in [3.63, 3.8) is 0 Å². The molecule has 0 spiro atoms. The molecule has 3 rings (SSSR count). The van der Waals surface area contributed by atoms with E-state index in [0.717, 1.165) is 38.5 Å². The van der Waals surface area contributed by atoms with Crippen molar-refractivity contribution >= 4 is 11.8 Å². The van der Waals surface area contributed by atoms with E-state index in [1.54, 1.807) is 0 Å². The lowest BCUT2D eigenvalue weighted by molar-refractivity contribution is 0.197. The molecule has 114 valence electrons. The Morgan fingerprint density at radius 3 is 3.14 bits per heavy atom. The van der Waals surface area contributed by atoms with Crippen LogP contribution in [-0.4, -0.2) is 54.2 Å². The van der Waals surface area contributed by atoms with Crippen molar-refractivity contribution in [2.24, 2.45) is 0 Å². The lowest BCUT2D eigenvalue weighted by atomic mass is 10.1. The van der Waals surface area contributed by atoms with E-state index in [-0.39, 0.29) is 12.1 Å². The summed E-state index contributed by atoms with van der Waals surface area (Å²) in [5.74, 6) is 1.05. The number of nitrogens with zero attached hydrogens (tertiary/aromatic N) is 3. The Balaban J connectivity index is 1.73. The fourth-order valence-corrected chi connectivity index (χ4v) is 2.96. The summed E-state index contributed by atoms with van der Waals surface area (Å²) in [5, 5.41) is 6.37. The van der Waals surface area contributed by atoms with Crippen LogP contribution in [0.3, 0.4) is 0 Å². The molecular formula is C15H23N5O. The van der Waals surface area contributed by atoms with Crippen LogP contribution in [0.25, 0.3) is 0 Å². The van der Waals surface area contributed by atoms with Gasteiger partial charge in [0.25, 0.3) is 0 Å². The average Bonchev–Trinajstić information content (AvgIpc) is 2.86. The number of carbonyl (C=O) groups is 1. The number of hydrogen-bond acceptors (Lipinski definition) is 4. The molecule has 2 amide bonds. The Hall–Kier alpha value is -1.82. The summed E-state index contributed by atoms with van der Waals surface area (Å²) in [5.41, 5.74) is 1.22. The quantitative estimate of drug-likeness (QED) is 0.860. The number of rotatable bonds is 4. The molecule has 1 unspecified atom stereocenters. The van der Waals surface area contributed by atoms with E-state index in [4.69, 9.17) is 0 Å². The van der Waals surface area contributed by atoms with Crippen LogP contribution in [0.2, 0.25) is 0 Å². The Morgan fingerprint density at radius 1 is 1.48 bits per heavy atom. The Bertz CT molecular complexity index is 519. The van der Waals surface area contributed by atoms with Gasteiger partial charge in [-0.1, -0.05) is 19.9 Å². The minimum absolute atomic E-state index is 0.0716. The minimum atomic E-state index is 0.0716. The van der Waals surface area contributed by atoms with Crippen LogP contribution >= 0.6 is 0 Å². The molecule has 2 fully saturated rings. The third kappa shape index (κ3) is 2.95. The van der Waals surface area contributed by atoms with E-state index in [1.165, 1.54) is 5.56 Å². The first-order valence-electron chi connectivity index (χ1n) is 7.62. The molecule has 6 nitrogen and oxygen atoms in total. The number of amides is 2. The SMILES string of the molecule is CC(C)NCc1cccnc1N1CCN2C(=O)NCC2C1. The summed E-state index contributed by atoms with van der Waals surface area (Å²) < 4.78 is 0.